The Hall–Kier alpha value is -3.12. The van der Waals surface area contributed by atoms with Gasteiger partial charge in [0.05, 0.1) is 10.6 Å². The average molecular weight is 421 g/mol. The zero-order chi connectivity index (χ0) is 21.5. The molecule has 0 radical (unpaired) electrons. The molecule has 6 heteroatoms. The first-order valence-corrected chi connectivity index (χ1v) is 11.7. The predicted octanol–water partition coefficient (Wildman–Crippen LogP) is 3.96. The maximum atomic E-state index is 12.4. The molecule has 0 amide bonds. The molecule has 2 heterocycles. The molecular formula is C24H24N2O3S. The van der Waals surface area contributed by atoms with E-state index in [-0.39, 0.29) is 5.56 Å². The van der Waals surface area contributed by atoms with E-state index >= 15 is 0 Å². The lowest BCUT2D eigenvalue weighted by molar-refractivity contribution is 0.602. The van der Waals surface area contributed by atoms with Gasteiger partial charge in [0.2, 0.25) is 0 Å². The topological polar surface area (TPSA) is 61.1 Å². The first-order chi connectivity index (χ1) is 14.3. The predicted molar refractivity (Wildman–Crippen MR) is 121 cm³/mol. The van der Waals surface area contributed by atoms with Crippen LogP contribution in [0.1, 0.15) is 11.1 Å². The number of aromatic nitrogens is 2. The van der Waals surface area contributed by atoms with Crippen LogP contribution in [0.25, 0.3) is 22.2 Å². The second kappa shape index (κ2) is 7.61. The Morgan fingerprint density at radius 3 is 2.37 bits per heavy atom. The Bertz CT molecular complexity index is 1370. The maximum absolute atomic E-state index is 12.4. The van der Waals surface area contributed by atoms with Gasteiger partial charge in [-0.1, -0.05) is 36.4 Å². The number of hydrogen-bond donors (Lipinski definition) is 0. The van der Waals surface area contributed by atoms with Crippen molar-refractivity contribution >= 4 is 20.7 Å². The first-order valence-electron chi connectivity index (χ1n) is 9.79. The normalized spacial score (nSPS) is 11.8. The molecule has 0 saturated carbocycles. The molecule has 0 bridgehead atoms. The molecule has 5 nitrogen and oxygen atoms in total. The number of sulfone groups is 1. The maximum Gasteiger partial charge on any atom is 0.253 e. The summed E-state index contributed by atoms with van der Waals surface area (Å²) in [6, 6.07) is 19.4. The molecule has 0 spiro atoms. The van der Waals surface area contributed by atoms with Crippen LogP contribution in [0.5, 0.6) is 0 Å². The summed E-state index contributed by atoms with van der Waals surface area (Å²) in [6.45, 7) is 2.49. The lowest BCUT2D eigenvalue weighted by Crippen LogP contribution is -2.18. The van der Waals surface area contributed by atoms with Gasteiger partial charge >= 0.3 is 0 Å². The van der Waals surface area contributed by atoms with Crippen LogP contribution in [0.3, 0.4) is 0 Å². The molecule has 30 heavy (non-hydrogen) atoms. The van der Waals surface area contributed by atoms with Crippen molar-refractivity contribution in [2.45, 2.75) is 24.8 Å². The van der Waals surface area contributed by atoms with Crippen molar-refractivity contribution in [1.82, 2.24) is 9.13 Å². The van der Waals surface area contributed by atoms with Gasteiger partial charge in [0, 0.05) is 48.1 Å². The van der Waals surface area contributed by atoms with E-state index in [0.29, 0.717) is 22.4 Å². The summed E-state index contributed by atoms with van der Waals surface area (Å²) in [5.41, 5.74) is 4.48. The lowest BCUT2D eigenvalue weighted by atomic mass is 10.1. The van der Waals surface area contributed by atoms with E-state index in [1.807, 2.05) is 42.6 Å². The van der Waals surface area contributed by atoms with E-state index in [4.69, 9.17) is 0 Å². The summed E-state index contributed by atoms with van der Waals surface area (Å²) in [5.74, 6) is 0. The van der Waals surface area contributed by atoms with Crippen LogP contribution in [-0.4, -0.2) is 23.8 Å². The second-order valence-corrected chi connectivity index (χ2v) is 9.69. The van der Waals surface area contributed by atoms with E-state index in [1.165, 1.54) is 11.8 Å². The molecule has 0 unspecified atom stereocenters. The molecule has 4 rings (SSSR count). The van der Waals surface area contributed by atoms with Gasteiger partial charge in [-0.2, -0.15) is 0 Å². The Morgan fingerprint density at radius 1 is 0.967 bits per heavy atom. The van der Waals surface area contributed by atoms with Crippen LogP contribution in [0, 0.1) is 6.92 Å². The number of aryl methyl sites for hydroxylation is 4. The summed E-state index contributed by atoms with van der Waals surface area (Å²) in [5, 5.41) is 0.703. The number of hydrogen-bond acceptors (Lipinski definition) is 3. The first kappa shape index (κ1) is 20.2. The summed E-state index contributed by atoms with van der Waals surface area (Å²) in [7, 11) is -1.64. The third kappa shape index (κ3) is 3.71. The number of pyridine rings is 1. The van der Waals surface area contributed by atoms with Gasteiger partial charge in [0.15, 0.2) is 9.84 Å². The minimum atomic E-state index is -3.37. The van der Waals surface area contributed by atoms with Crippen molar-refractivity contribution < 1.29 is 8.42 Å². The van der Waals surface area contributed by atoms with Gasteiger partial charge < -0.3 is 9.13 Å². The molecule has 0 saturated heterocycles. The minimum absolute atomic E-state index is 0.0393. The Kier molecular flexibility index (Phi) is 5.12. The highest BCUT2D eigenvalue weighted by molar-refractivity contribution is 7.91. The van der Waals surface area contributed by atoms with Crippen LogP contribution in [-0.2, 0) is 29.9 Å². The van der Waals surface area contributed by atoms with Crippen molar-refractivity contribution in [3.05, 3.63) is 88.3 Å². The van der Waals surface area contributed by atoms with Gasteiger partial charge in [-0.15, -0.1) is 0 Å². The zero-order valence-corrected chi connectivity index (χ0v) is 18.1. The quantitative estimate of drug-likeness (QED) is 0.491. The summed E-state index contributed by atoms with van der Waals surface area (Å²) in [6.07, 6.45) is 3.85. The van der Waals surface area contributed by atoms with E-state index in [2.05, 4.69) is 16.7 Å². The SMILES string of the molecule is Cc1cc(-c2cc3c(S(C)(=O)=O)cccc3n2CCc2ccccc2)cn(C)c1=O. The fraction of sp³-hybridized carbons (Fsp3) is 0.208. The molecule has 4 aromatic rings. The lowest BCUT2D eigenvalue weighted by Gasteiger charge is -2.13. The van der Waals surface area contributed by atoms with Crippen LogP contribution >= 0.6 is 0 Å². The van der Waals surface area contributed by atoms with Crippen molar-refractivity contribution in [2.75, 3.05) is 6.26 Å². The smallest absolute Gasteiger partial charge is 0.253 e. The van der Waals surface area contributed by atoms with Crippen molar-refractivity contribution in [1.29, 1.82) is 0 Å². The number of benzene rings is 2. The standard InChI is InChI=1S/C24H24N2O3S/c1-17-14-19(16-25(2)24(17)27)22-15-20-21(10-7-11-23(20)30(3,28)29)26(22)13-12-18-8-5-4-6-9-18/h4-11,14-16H,12-13H2,1-3H3. The van der Waals surface area contributed by atoms with Gasteiger partial charge in [0.1, 0.15) is 0 Å². The molecule has 154 valence electrons. The Morgan fingerprint density at radius 2 is 1.70 bits per heavy atom. The molecule has 0 fully saturated rings. The minimum Gasteiger partial charge on any atom is -0.340 e. The fourth-order valence-electron chi connectivity index (χ4n) is 3.96. The van der Waals surface area contributed by atoms with Crippen molar-refractivity contribution in [2.24, 2.45) is 7.05 Å². The highest BCUT2D eigenvalue weighted by atomic mass is 32.2. The van der Waals surface area contributed by atoms with E-state index in [0.717, 1.165) is 23.2 Å². The summed E-state index contributed by atoms with van der Waals surface area (Å²) >= 11 is 0. The summed E-state index contributed by atoms with van der Waals surface area (Å²) < 4.78 is 28.5. The largest absolute Gasteiger partial charge is 0.340 e. The highest BCUT2D eigenvalue weighted by Gasteiger charge is 2.18. The molecule has 2 aromatic heterocycles. The highest BCUT2D eigenvalue weighted by Crippen LogP contribution is 2.32. The van der Waals surface area contributed by atoms with Gasteiger partial charge in [-0.25, -0.2) is 8.42 Å². The van der Waals surface area contributed by atoms with Crippen LogP contribution in [0.15, 0.2) is 76.6 Å². The van der Waals surface area contributed by atoms with Gasteiger partial charge in [-0.3, -0.25) is 4.79 Å². The fourth-order valence-corrected chi connectivity index (χ4v) is 4.85. The van der Waals surface area contributed by atoms with Gasteiger partial charge in [-0.05, 0) is 43.2 Å². The summed E-state index contributed by atoms with van der Waals surface area (Å²) in [4.78, 5) is 12.5. The average Bonchev–Trinajstić information content (AvgIpc) is 3.08. The second-order valence-electron chi connectivity index (χ2n) is 7.71. The number of fused-ring (bicyclic) bond motifs is 1. The van der Waals surface area contributed by atoms with E-state index < -0.39 is 9.84 Å². The third-order valence-electron chi connectivity index (χ3n) is 5.43. The van der Waals surface area contributed by atoms with Crippen molar-refractivity contribution in [3.63, 3.8) is 0 Å². The Labute approximate surface area is 176 Å². The number of nitrogens with zero attached hydrogens (tertiary/aromatic N) is 2. The monoisotopic (exact) mass is 420 g/mol. The molecule has 0 aliphatic heterocycles. The molecule has 0 N–H and O–H groups in total. The Balaban J connectivity index is 1.94. The molecule has 0 atom stereocenters. The van der Waals surface area contributed by atoms with Crippen LogP contribution < -0.4 is 5.56 Å². The van der Waals surface area contributed by atoms with Gasteiger partial charge in [0.25, 0.3) is 5.56 Å². The molecule has 0 aliphatic carbocycles. The zero-order valence-electron chi connectivity index (χ0n) is 17.3. The molecule has 2 aromatic carbocycles. The molecular weight excluding hydrogens is 396 g/mol. The number of rotatable bonds is 5. The van der Waals surface area contributed by atoms with E-state index in [9.17, 15) is 13.2 Å². The van der Waals surface area contributed by atoms with Crippen molar-refractivity contribution in [3.8, 4) is 11.3 Å². The van der Waals surface area contributed by atoms with Crippen LogP contribution in [0.2, 0.25) is 0 Å². The van der Waals surface area contributed by atoms with Crippen LogP contribution in [0.4, 0.5) is 0 Å². The van der Waals surface area contributed by atoms with E-state index in [1.54, 1.807) is 30.7 Å². The molecule has 0 aliphatic rings. The third-order valence-corrected chi connectivity index (χ3v) is 6.59.